The van der Waals surface area contributed by atoms with Crippen LogP contribution in [0.5, 0.6) is 0 Å². The van der Waals surface area contributed by atoms with Crippen LogP contribution in [-0.4, -0.2) is 19.0 Å². The zero-order chi connectivity index (χ0) is 12.8. The summed E-state index contributed by atoms with van der Waals surface area (Å²) < 4.78 is 17.6. The predicted octanol–water partition coefficient (Wildman–Crippen LogP) is 1.57. The highest BCUT2D eigenvalue weighted by atomic mass is 19.1. The number of carbonyl (C=O) groups is 2. The fourth-order valence-electron chi connectivity index (χ4n) is 1.47. The van der Waals surface area contributed by atoms with E-state index < -0.39 is 17.8 Å². The normalized spacial score (nSPS) is 11.7. The molecule has 5 heteroatoms. The minimum Gasteiger partial charge on any atom is -0.469 e. The van der Waals surface area contributed by atoms with Crippen LogP contribution in [0.25, 0.3) is 0 Å². The molecule has 0 aliphatic heterocycles. The molecule has 1 atom stereocenters. The minimum absolute atomic E-state index is 0.0282. The van der Waals surface area contributed by atoms with Crippen molar-refractivity contribution in [3.63, 3.8) is 0 Å². The van der Waals surface area contributed by atoms with E-state index in [2.05, 4.69) is 10.1 Å². The Morgan fingerprint density at radius 2 is 2.18 bits per heavy atom. The molecule has 0 aliphatic rings. The third-order valence-electron chi connectivity index (χ3n) is 2.23. The van der Waals surface area contributed by atoms with E-state index in [0.29, 0.717) is 5.56 Å². The average molecular weight is 239 g/mol. The van der Waals surface area contributed by atoms with Crippen LogP contribution in [0.3, 0.4) is 0 Å². The number of hydrogen-bond donors (Lipinski definition) is 1. The Morgan fingerprint density at radius 3 is 2.71 bits per heavy atom. The molecular formula is C12H14FNO3. The predicted molar refractivity (Wildman–Crippen MR) is 59.6 cm³/mol. The Balaban J connectivity index is 2.89. The molecule has 1 aromatic carbocycles. The number of carbonyl (C=O) groups excluding carboxylic acids is 2. The number of hydrogen-bond acceptors (Lipinski definition) is 3. The molecule has 4 nitrogen and oxygen atoms in total. The van der Waals surface area contributed by atoms with Crippen molar-refractivity contribution in [2.24, 2.45) is 0 Å². The number of esters is 1. The standard InChI is InChI=1S/C12H14FNO3/c1-8(15)14-11(7-12(16)17-2)9-4-3-5-10(13)6-9/h3-6,11H,7H2,1-2H3,(H,14,15). The molecule has 0 saturated heterocycles. The zero-order valence-electron chi connectivity index (χ0n) is 9.70. The highest BCUT2D eigenvalue weighted by Gasteiger charge is 2.17. The molecule has 92 valence electrons. The molecule has 0 spiro atoms. The molecule has 0 bridgehead atoms. The van der Waals surface area contributed by atoms with Crippen molar-refractivity contribution in [2.75, 3.05) is 7.11 Å². The molecule has 1 amide bonds. The van der Waals surface area contributed by atoms with E-state index in [0.717, 1.165) is 0 Å². The summed E-state index contributed by atoms with van der Waals surface area (Å²) >= 11 is 0. The van der Waals surface area contributed by atoms with E-state index in [1.54, 1.807) is 6.07 Å². The largest absolute Gasteiger partial charge is 0.469 e. The highest BCUT2D eigenvalue weighted by molar-refractivity contribution is 5.75. The Hall–Kier alpha value is -1.91. The first-order chi connectivity index (χ1) is 8.02. The summed E-state index contributed by atoms with van der Waals surface area (Å²) in [7, 11) is 1.26. The summed E-state index contributed by atoms with van der Waals surface area (Å²) in [4.78, 5) is 22.2. The van der Waals surface area contributed by atoms with Gasteiger partial charge >= 0.3 is 5.97 Å². The molecule has 0 fully saturated rings. The van der Waals surface area contributed by atoms with Gasteiger partial charge in [0.25, 0.3) is 0 Å². The van der Waals surface area contributed by atoms with Gasteiger partial charge in [-0.25, -0.2) is 4.39 Å². The molecule has 17 heavy (non-hydrogen) atoms. The molecule has 0 aliphatic carbocycles. The van der Waals surface area contributed by atoms with Gasteiger partial charge in [0.05, 0.1) is 19.6 Å². The van der Waals surface area contributed by atoms with Gasteiger partial charge in [0.1, 0.15) is 5.82 Å². The molecule has 0 aromatic heterocycles. The van der Waals surface area contributed by atoms with Crippen LogP contribution < -0.4 is 5.32 Å². The van der Waals surface area contributed by atoms with Crippen LogP contribution in [0.1, 0.15) is 24.9 Å². The number of methoxy groups -OCH3 is 1. The first kappa shape index (κ1) is 13.2. The summed E-state index contributed by atoms with van der Waals surface area (Å²) in [5.41, 5.74) is 0.533. The van der Waals surface area contributed by atoms with E-state index >= 15 is 0 Å². The van der Waals surface area contributed by atoms with E-state index in [4.69, 9.17) is 0 Å². The van der Waals surface area contributed by atoms with Gasteiger partial charge in [-0.3, -0.25) is 9.59 Å². The van der Waals surface area contributed by atoms with Crippen LogP contribution in [-0.2, 0) is 14.3 Å². The lowest BCUT2D eigenvalue weighted by atomic mass is 10.0. The lowest BCUT2D eigenvalue weighted by Crippen LogP contribution is -2.28. The first-order valence-electron chi connectivity index (χ1n) is 5.12. The molecule has 0 saturated carbocycles. The molecule has 1 unspecified atom stereocenters. The SMILES string of the molecule is COC(=O)CC(NC(C)=O)c1cccc(F)c1. The average Bonchev–Trinajstić information content (AvgIpc) is 2.27. The maximum atomic E-state index is 13.1. The fraction of sp³-hybridized carbons (Fsp3) is 0.333. The van der Waals surface area contributed by atoms with Crippen molar-refractivity contribution in [1.29, 1.82) is 0 Å². The van der Waals surface area contributed by atoms with Crippen LogP contribution in [0, 0.1) is 5.82 Å². The molecule has 1 rings (SSSR count). The van der Waals surface area contributed by atoms with Crippen molar-refractivity contribution < 1.29 is 18.7 Å². The lowest BCUT2D eigenvalue weighted by Gasteiger charge is -2.17. The van der Waals surface area contributed by atoms with Gasteiger partial charge in [0, 0.05) is 6.92 Å². The zero-order valence-corrected chi connectivity index (χ0v) is 9.70. The minimum atomic E-state index is -0.573. The second-order valence-corrected chi connectivity index (χ2v) is 3.59. The fourth-order valence-corrected chi connectivity index (χ4v) is 1.47. The maximum absolute atomic E-state index is 13.1. The quantitative estimate of drug-likeness (QED) is 0.811. The highest BCUT2D eigenvalue weighted by Crippen LogP contribution is 2.18. The van der Waals surface area contributed by atoms with E-state index in [1.165, 1.54) is 32.2 Å². The number of rotatable bonds is 4. The van der Waals surface area contributed by atoms with E-state index in [-0.39, 0.29) is 12.3 Å². The van der Waals surface area contributed by atoms with Crippen LogP contribution in [0.15, 0.2) is 24.3 Å². The number of halogens is 1. The second-order valence-electron chi connectivity index (χ2n) is 3.59. The van der Waals surface area contributed by atoms with Gasteiger partial charge in [-0.15, -0.1) is 0 Å². The summed E-state index contributed by atoms with van der Waals surface area (Å²) in [5.74, 6) is -1.17. The first-order valence-corrected chi connectivity index (χ1v) is 5.12. The Morgan fingerprint density at radius 1 is 1.47 bits per heavy atom. The maximum Gasteiger partial charge on any atom is 0.307 e. The van der Waals surface area contributed by atoms with E-state index in [9.17, 15) is 14.0 Å². The number of benzene rings is 1. The van der Waals surface area contributed by atoms with Crippen LogP contribution in [0.4, 0.5) is 4.39 Å². The lowest BCUT2D eigenvalue weighted by molar-refractivity contribution is -0.141. The number of amides is 1. The third kappa shape index (κ3) is 4.22. The third-order valence-corrected chi connectivity index (χ3v) is 2.23. The Kier molecular flexibility index (Phi) is 4.63. The van der Waals surface area contributed by atoms with Gasteiger partial charge in [-0.05, 0) is 17.7 Å². The van der Waals surface area contributed by atoms with Crippen molar-refractivity contribution in [2.45, 2.75) is 19.4 Å². The number of ether oxygens (including phenoxy) is 1. The van der Waals surface area contributed by atoms with E-state index in [1.807, 2.05) is 0 Å². The topological polar surface area (TPSA) is 55.4 Å². The van der Waals surface area contributed by atoms with Crippen molar-refractivity contribution in [1.82, 2.24) is 5.32 Å². The molecule has 1 aromatic rings. The summed E-state index contributed by atoms with van der Waals surface area (Å²) in [6.45, 7) is 1.34. The Bertz CT molecular complexity index is 420. The molecule has 1 N–H and O–H groups in total. The second kappa shape index (κ2) is 5.98. The van der Waals surface area contributed by atoms with Crippen LogP contribution >= 0.6 is 0 Å². The van der Waals surface area contributed by atoms with Crippen molar-refractivity contribution >= 4 is 11.9 Å². The van der Waals surface area contributed by atoms with Crippen molar-refractivity contribution in [3.05, 3.63) is 35.6 Å². The Labute approximate surface area is 98.8 Å². The van der Waals surface area contributed by atoms with Crippen molar-refractivity contribution in [3.8, 4) is 0 Å². The molecule has 0 radical (unpaired) electrons. The van der Waals surface area contributed by atoms with Gasteiger partial charge < -0.3 is 10.1 Å². The summed E-state index contributed by atoms with van der Waals surface area (Å²) in [6, 6.07) is 5.18. The van der Waals surface area contributed by atoms with Gasteiger partial charge in [-0.2, -0.15) is 0 Å². The number of nitrogens with one attached hydrogen (secondary N) is 1. The molecule has 0 heterocycles. The van der Waals surface area contributed by atoms with Gasteiger partial charge in [0.15, 0.2) is 0 Å². The smallest absolute Gasteiger partial charge is 0.307 e. The van der Waals surface area contributed by atoms with Gasteiger partial charge in [0.2, 0.25) is 5.91 Å². The van der Waals surface area contributed by atoms with Crippen LogP contribution in [0.2, 0.25) is 0 Å². The monoisotopic (exact) mass is 239 g/mol. The summed E-state index contributed by atoms with van der Waals surface area (Å²) in [6.07, 6.45) is -0.0282. The summed E-state index contributed by atoms with van der Waals surface area (Å²) in [5, 5.41) is 2.58. The van der Waals surface area contributed by atoms with Gasteiger partial charge in [-0.1, -0.05) is 12.1 Å². The molecular weight excluding hydrogens is 225 g/mol.